The van der Waals surface area contributed by atoms with Crippen LogP contribution in [0.2, 0.25) is 0 Å². The molecule has 0 aromatic carbocycles. The molecule has 0 saturated carbocycles. The fourth-order valence-electron chi connectivity index (χ4n) is 1.65. The molecule has 0 aliphatic carbocycles. The van der Waals surface area contributed by atoms with E-state index >= 15 is 0 Å². The lowest BCUT2D eigenvalue weighted by Gasteiger charge is -2.06. The van der Waals surface area contributed by atoms with Gasteiger partial charge >= 0.3 is 6.18 Å². The predicted molar refractivity (Wildman–Crippen MR) is 52.9 cm³/mol. The number of nitrogens with zero attached hydrogens (tertiary/aromatic N) is 4. The van der Waals surface area contributed by atoms with Crippen molar-refractivity contribution in [2.24, 2.45) is 4.99 Å². The minimum absolute atomic E-state index is 0.0687. The van der Waals surface area contributed by atoms with Gasteiger partial charge in [-0.25, -0.2) is 4.98 Å². The standard InChI is InChI=1S/C8H5F3N4S/c9-8(10,11)6-5-7(14-16-6)15-2-1-12-3-4(15)13-5/h3H,1-2H2. The Morgan fingerprint density at radius 1 is 1.38 bits per heavy atom. The summed E-state index contributed by atoms with van der Waals surface area (Å²) in [4.78, 5) is 7.15. The molecule has 4 nitrogen and oxygen atoms in total. The summed E-state index contributed by atoms with van der Waals surface area (Å²) in [6, 6.07) is 0. The lowest BCUT2D eigenvalue weighted by atomic mass is 10.4. The number of alkyl halides is 3. The molecule has 8 heteroatoms. The first kappa shape index (κ1) is 9.76. The topological polar surface area (TPSA) is 43.1 Å². The summed E-state index contributed by atoms with van der Waals surface area (Å²) in [5.74, 6) is 0.446. The summed E-state index contributed by atoms with van der Waals surface area (Å²) in [6.45, 7) is 1.08. The summed E-state index contributed by atoms with van der Waals surface area (Å²) >= 11 is 0.446. The third kappa shape index (κ3) is 1.26. The number of hydrogen-bond donors (Lipinski definition) is 0. The van der Waals surface area contributed by atoms with Crippen molar-refractivity contribution in [3.8, 4) is 0 Å². The SMILES string of the molecule is FC(F)(F)c1snc2c1nc1n2CCN=C1. The fraction of sp³-hybridized carbons (Fsp3) is 0.375. The average molecular weight is 246 g/mol. The second-order valence-corrected chi connectivity index (χ2v) is 4.11. The molecule has 1 aliphatic heterocycles. The Morgan fingerprint density at radius 2 is 2.19 bits per heavy atom. The van der Waals surface area contributed by atoms with Gasteiger partial charge in [0.15, 0.2) is 16.3 Å². The van der Waals surface area contributed by atoms with Crippen LogP contribution in [0.3, 0.4) is 0 Å². The van der Waals surface area contributed by atoms with E-state index in [4.69, 9.17) is 0 Å². The number of aromatic nitrogens is 3. The van der Waals surface area contributed by atoms with Crippen molar-refractivity contribution in [3.63, 3.8) is 0 Å². The minimum atomic E-state index is -4.39. The van der Waals surface area contributed by atoms with Crippen LogP contribution in [0.5, 0.6) is 0 Å². The van der Waals surface area contributed by atoms with Gasteiger partial charge in [0.1, 0.15) is 5.52 Å². The Balaban J connectivity index is 2.29. The van der Waals surface area contributed by atoms with Crippen LogP contribution in [0, 0.1) is 0 Å². The summed E-state index contributed by atoms with van der Waals surface area (Å²) < 4.78 is 43.3. The van der Waals surface area contributed by atoms with Crippen LogP contribution in [-0.2, 0) is 12.7 Å². The molecule has 0 N–H and O–H groups in total. The van der Waals surface area contributed by atoms with Crippen molar-refractivity contribution in [2.75, 3.05) is 6.54 Å². The van der Waals surface area contributed by atoms with E-state index in [-0.39, 0.29) is 5.52 Å². The van der Waals surface area contributed by atoms with Crippen molar-refractivity contribution in [2.45, 2.75) is 12.7 Å². The monoisotopic (exact) mass is 246 g/mol. The number of hydrogen-bond acceptors (Lipinski definition) is 4. The van der Waals surface area contributed by atoms with Crippen molar-refractivity contribution in [1.82, 2.24) is 13.9 Å². The molecular formula is C8H5F3N4S. The highest BCUT2D eigenvalue weighted by Gasteiger charge is 2.37. The Kier molecular flexibility index (Phi) is 1.85. The lowest BCUT2D eigenvalue weighted by molar-refractivity contribution is -0.133. The van der Waals surface area contributed by atoms with E-state index in [1.54, 1.807) is 4.57 Å². The van der Waals surface area contributed by atoms with E-state index in [9.17, 15) is 13.2 Å². The zero-order valence-corrected chi connectivity index (χ0v) is 8.64. The van der Waals surface area contributed by atoms with Crippen molar-refractivity contribution in [1.29, 1.82) is 0 Å². The van der Waals surface area contributed by atoms with Gasteiger partial charge in [-0.15, -0.1) is 0 Å². The van der Waals surface area contributed by atoms with Gasteiger partial charge in [0, 0.05) is 6.54 Å². The molecule has 2 aromatic heterocycles. The summed E-state index contributed by atoms with van der Waals surface area (Å²) in [6.07, 6.45) is -2.91. The summed E-state index contributed by atoms with van der Waals surface area (Å²) in [7, 11) is 0. The highest BCUT2D eigenvalue weighted by molar-refractivity contribution is 7.07. The third-order valence-electron chi connectivity index (χ3n) is 2.33. The zero-order chi connectivity index (χ0) is 11.3. The quantitative estimate of drug-likeness (QED) is 0.713. The maximum absolute atomic E-state index is 12.6. The van der Waals surface area contributed by atoms with E-state index in [2.05, 4.69) is 14.3 Å². The van der Waals surface area contributed by atoms with E-state index in [0.717, 1.165) is 0 Å². The van der Waals surface area contributed by atoms with Gasteiger partial charge in [0.25, 0.3) is 0 Å². The number of halogens is 3. The van der Waals surface area contributed by atoms with Crippen LogP contribution in [-0.4, -0.2) is 26.7 Å². The molecule has 84 valence electrons. The van der Waals surface area contributed by atoms with Crippen molar-refractivity contribution >= 4 is 28.9 Å². The van der Waals surface area contributed by atoms with Crippen LogP contribution in [0.25, 0.3) is 11.2 Å². The first-order chi connectivity index (χ1) is 7.57. The average Bonchev–Trinajstić information content (AvgIpc) is 2.73. The number of aliphatic imine (C=N–C) groups is 1. The highest BCUT2D eigenvalue weighted by atomic mass is 32.1. The zero-order valence-electron chi connectivity index (χ0n) is 7.82. The van der Waals surface area contributed by atoms with Gasteiger partial charge < -0.3 is 4.57 Å². The van der Waals surface area contributed by atoms with E-state index in [1.165, 1.54) is 6.21 Å². The Labute approximate surface area is 91.6 Å². The van der Waals surface area contributed by atoms with Crippen LogP contribution in [0.1, 0.15) is 10.7 Å². The summed E-state index contributed by atoms with van der Waals surface area (Å²) in [5, 5.41) is 0. The Hall–Kier alpha value is -1.44. The molecular weight excluding hydrogens is 241 g/mol. The van der Waals surface area contributed by atoms with E-state index in [1.807, 2.05) is 0 Å². The number of fused-ring (bicyclic) bond motifs is 3. The largest absolute Gasteiger partial charge is 0.429 e. The molecule has 0 fully saturated rings. The second kappa shape index (κ2) is 3.03. The van der Waals surface area contributed by atoms with Gasteiger partial charge in [0.05, 0.1) is 12.8 Å². The molecule has 0 spiro atoms. The molecule has 3 rings (SSSR count). The van der Waals surface area contributed by atoms with Crippen molar-refractivity contribution < 1.29 is 13.2 Å². The maximum Gasteiger partial charge on any atom is 0.429 e. The van der Waals surface area contributed by atoms with E-state index < -0.39 is 11.1 Å². The molecule has 0 amide bonds. The fourth-order valence-corrected chi connectivity index (χ4v) is 2.34. The minimum Gasteiger partial charge on any atom is -0.305 e. The normalized spacial score (nSPS) is 15.7. The maximum atomic E-state index is 12.6. The molecule has 0 unspecified atom stereocenters. The van der Waals surface area contributed by atoms with Gasteiger partial charge in [-0.1, -0.05) is 0 Å². The van der Waals surface area contributed by atoms with Gasteiger partial charge in [0.2, 0.25) is 0 Å². The molecule has 0 atom stereocenters. The van der Waals surface area contributed by atoms with Gasteiger partial charge in [-0.3, -0.25) is 4.99 Å². The molecule has 0 saturated heterocycles. The molecule has 2 aromatic rings. The number of imidazole rings is 1. The predicted octanol–water partition coefficient (Wildman–Crippen LogP) is 1.94. The van der Waals surface area contributed by atoms with Gasteiger partial charge in [-0.05, 0) is 11.5 Å². The smallest absolute Gasteiger partial charge is 0.305 e. The highest BCUT2D eigenvalue weighted by Crippen LogP contribution is 2.37. The van der Waals surface area contributed by atoms with E-state index in [0.29, 0.717) is 36.1 Å². The molecule has 3 heterocycles. The molecule has 16 heavy (non-hydrogen) atoms. The number of rotatable bonds is 0. The van der Waals surface area contributed by atoms with Crippen LogP contribution in [0.15, 0.2) is 4.99 Å². The first-order valence-corrected chi connectivity index (χ1v) is 5.27. The second-order valence-electron chi connectivity index (χ2n) is 3.34. The van der Waals surface area contributed by atoms with Crippen LogP contribution >= 0.6 is 11.5 Å². The lowest BCUT2D eigenvalue weighted by Crippen LogP contribution is -2.11. The Morgan fingerprint density at radius 3 is 2.94 bits per heavy atom. The molecule has 1 aliphatic rings. The van der Waals surface area contributed by atoms with Crippen LogP contribution in [0.4, 0.5) is 13.2 Å². The third-order valence-corrected chi connectivity index (χ3v) is 3.20. The Bertz CT molecular complexity index is 580. The van der Waals surface area contributed by atoms with Gasteiger partial charge in [-0.2, -0.15) is 17.5 Å². The molecule has 0 radical (unpaired) electrons. The first-order valence-electron chi connectivity index (χ1n) is 4.50. The summed E-state index contributed by atoms with van der Waals surface area (Å²) in [5.41, 5.74) is 0.235. The van der Waals surface area contributed by atoms with Crippen molar-refractivity contribution in [3.05, 3.63) is 10.7 Å². The van der Waals surface area contributed by atoms with Crippen LogP contribution < -0.4 is 0 Å². The molecule has 0 bridgehead atoms.